The molecule has 0 aliphatic rings. The minimum Gasteiger partial charge on any atom is -0.207 e. The van der Waals surface area contributed by atoms with Crippen LogP contribution in [0.3, 0.4) is 0 Å². The van der Waals surface area contributed by atoms with Gasteiger partial charge in [-0.3, -0.25) is 0 Å². The van der Waals surface area contributed by atoms with Crippen LogP contribution in [-0.4, -0.2) is 15.4 Å². The summed E-state index contributed by atoms with van der Waals surface area (Å²) >= 11 is 3.24. The normalized spacial score (nSPS) is 10.8. The quantitative estimate of drug-likeness (QED) is 0.786. The number of benzene rings is 1. The Kier molecular flexibility index (Phi) is 2.41. The molecule has 0 N–H and O–H groups in total. The van der Waals surface area contributed by atoms with Gasteiger partial charge in [0.15, 0.2) is 0 Å². The summed E-state index contributed by atoms with van der Waals surface area (Å²) in [4.78, 5) is 0. The molecule has 14 heavy (non-hydrogen) atoms. The zero-order valence-electron chi connectivity index (χ0n) is 7.46. The summed E-state index contributed by atoms with van der Waals surface area (Å²) < 4.78 is 13.9. The van der Waals surface area contributed by atoms with E-state index in [1.165, 1.54) is 6.07 Å². The van der Waals surface area contributed by atoms with Crippen LogP contribution in [-0.2, 0) is 6.42 Å². The monoisotopic (exact) mass is 255 g/mol. The van der Waals surface area contributed by atoms with E-state index in [0.29, 0.717) is 27.5 Å². The van der Waals surface area contributed by atoms with E-state index in [1.807, 2.05) is 6.92 Å². The Labute approximate surface area is 88.5 Å². The number of fused-ring (bicyclic) bond motifs is 1. The Morgan fingerprint density at radius 1 is 1.36 bits per heavy atom. The highest BCUT2D eigenvalue weighted by Crippen LogP contribution is 2.25. The van der Waals surface area contributed by atoms with Gasteiger partial charge < -0.3 is 0 Å². The molecule has 0 amide bonds. The fraction of sp³-hybridized carbons (Fsp3) is 0.222. The van der Waals surface area contributed by atoms with Crippen molar-refractivity contribution in [2.45, 2.75) is 13.3 Å². The third-order valence-corrected chi connectivity index (χ3v) is 2.63. The summed E-state index contributed by atoms with van der Waals surface area (Å²) in [6.45, 7) is 1.89. The molecule has 0 spiro atoms. The van der Waals surface area contributed by atoms with Gasteiger partial charge in [-0.2, -0.15) is 0 Å². The Morgan fingerprint density at radius 2 is 2.14 bits per heavy atom. The average molecular weight is 256 g/mol. The largest absolute Gasteiger partial charge is 0.207 e. The molecule has 5 heteroatoms. The van der Waals surface area contributed by atoms with E-state index in [4.69, 9.17) is 0 Å². The molecule has 0 saturated carbocycles. The zero-order chi connectivity index (χ0) is 10.1. The van der Waals surface area contributed by atoms with Gasteiger partial charge in [-0.05, 0) is 45.3 Å². The molecule has 0 unspecified atom stereocenters. The molecular weight excluding hydrogens is 249 g/mol. The molecule has 0 bridgehead atoms. The van der Waals surface area contributed by atoms with E-state index in [9.17, 15) is 4.39 Å². The van der Waals surface area contributed by atoms with Gasteiger partial charge in [-0.15, -0.1) is 10.2 Å². The summed E-state index contributed by atoms with van der Waals surface area (Å²) in [6, 6.07) is 3.01. The first-order valence-corrected chi connectivity index (χ1v) is 4.99. The van der Waals surface area contributed by atoms with Crippen molar-refractivity contribution in [2.24, 2.45) is 0 Å². The minimum absolute atomic E-state index is 0.226. The van der Waals surface area contributed by atoms with Gasteiger partial charge in [-0.1, -0.05) is 6.92 Å². The van der Waals surface area contributed by atoms with Crippen molar-refractivity contribution in [1.29, 1.82) is 0 Å². The molecule has 0 atom stereocenters. The van der Waals surface area contributed by atoms with Crippen LogP contribution in [0.4, 0.5) is 4.39 Å². The summed E-state index contributed by atoms with van der Waals surface area (Å²) in [5.74, 6) is -0.226. The smallest absolute Gasteiger partial charge is 0.140 e. The van der Waals surface area contributed by atoms with Crippen molar-refractivity contribution >= 4 is 26.8 Å². The van der Waals surface area contributed by atoms with E-state index >= 15 is 0 Å². The molecule has 0 saturated heterocycles. The molecular formula is C9H7BrFN3. The Balaban J connectivity index is 2.91. The number of aromatic nitrogens is 3. The molecule has 0 aliphatic heterocycles. The van der Waals surface area contributed by atoms with Gasteiger partial charge in [0.1, 0.15) is 10.4 Å². The van der Waals surface area contributed by atoms with Crippen molar-refractivity contribution in [3.63, 3.8) is 0 Å². The highest BCUT2D eigenvalue weighted by molar-refractivity contribution is 9.10. The molecule has 0 radical (unpaired) electrons. The molecule has 2 rings (SSSR count). The number of rotatable bonds is 1. The predicted octanol–water partition coefficient (Wildman–Crippen LogP) is 2.49. The summed E-state index contributed by atoms with van der Waals surface area (Å²) in [7, 11) is 0. The SMILES string of the molecule is CCc1c(F)ccc2nnnc(Br)c12. The maximum absolute atomic E-state index is 13.4. The van der Waals surface area contributed by atoms with Gasteiger partial charge >= 0.3 is 0 Å². The number of hydrogen-bond donors (Lipinski definition) is 0. The van der Waals surface area contributed by atoms with Crippen LogP contribution in [0.25, 0.3) is 10.9 Å². The van der Waals surface area contributed by atoms with Crippen molar-refractivity contribution in [1.82, 2.24) is 15.4 Å². The fourth-order valence-corrected chi connectivity index (χ4v) is 1.94. The van der Waals surface area contributed by atoms with Crippen LogP contribution in [0.2, 0.25) is 0 Å². The molecule has 0 aliphatic carbocycles. The first-order valence-electron chi connectivity index (χ1n) is 4.20. The van der Waals surface area contributed by atoms with E-state index in [1.54, 1.807) is 6.07 Å². The van der Waals surface area contributed by atoms with E-state index in [-0.39, 0.29) is 5.82 Å². The van der Waals surface area contributed by atoms with E-state index < -0.39 is 0 Å². The van der Waals surface area contributed by atoms with Crippen LogP contribution in [0, 0.1) is 5.82 Å². The molecule has 0 fully saturated rings. The number of nitrogens with zero attached hydrogens (tertiary/aromatic N) is 3. The second-order valence-corrected chi connectivity index (χ2v) is 3.61. The maximum atomic E-state index is 13.4. The number of halogens is 2. The number of hydrogen-bond acceptors (Lipinski definition) is 3. The lowest BCUT2D eigenvalue weighted by molar-refractivity contribution is 0.614. The van der Waals surface area contributed by atoms with Crippen LogP contribution < -0.4 is 0 Å². The Bertz CT molecular complexity index is 487. The second kappa shape index (κ2) is 3.57. The fourth-order valence-electron chi connectivity index (χ4n) is 1.43. The van der Waals surface area contributed by atoms with Crippen LogP contribution >= 0.6 is 15.9 Å². The van der Waals surface area contributed by atoms with Gasteiger partial charge in [-0.25, -0.2) is 4.39 Å². The minimum atomic E-state index is -0.226. The predicted molar refractivity (Wildman–Crippen MR) is 54.4 cm³/mol. The van der Waals surface area contributed by atoms with Crippen LogP contribution in [0.1, 0.15) is 12.5 Å². The standard InChI is InChI=1S/C9H7BrFN3/c1-2-5-6(11)3-4-7-8(5)9(10)13-14-12-7/h3-4H,2H2,1H3. The highest BCUT2D eigenvalue weighted by atomic mass is 79.9. The molecule has 1 aromatic carbocycles. The molecule has 1 heterocycles. The van der Waals surface area contributed by atoms with Gasteiger partial charge in [0.2, 0.25) is 0 Å². The van der Waals surface area contributed by atoms with Crippen LogP contribution in [0.5, 0.6) is 0 Å². The van der Waals surface area contributed by atoms with E-state index in [2.05, 4.69) is 31.3 Å². The third-order valence-electron chi connectivity index (χ3n) is 2.08. The lowest BCUT2D eigenvalue weighted by atomic mass is 10.1. The topological polar surface area (TPSA) is 38.7 Å². The molecule has 72 valence electrons. The number of aryl methyl sites for hydroxylation is 1. The maximum Gasteiger partial charge on any atom is 0.140 e. The van der Waals surface area contributed by atoms with Crippen molar-refractivity contribution in [2.75, 3.05) is 0 Å². The average Bonchev–Trinajstić information content (AvgIpc) is 2.19. The van der Waals surface area contributed by atoms with E-state index in [0.717, 1.165) is 0 Å². The first-order chi connectivity index (χ1) is 6.74. The zero-order valence-corrected chi connectivity index (χ0v) is 9.05. The molecule has 2 aromatic rings. The lowest BCUT2D eigenvalue weighted by Crippen LogP contribution is -1.96. The Hall–Kier alpha value is -1.10. The van der Waals surface area contributed by atoms with Crippen LogP contribution in [0.15, 0.2) is 16.7 Å². The third kappa shape index (κ3) is 1.37. The van der Waals surface area contributed by atoms with Crippen molar-refractivity contribution in [3.8, 4) is 0 Å². The Morgan fingerprint density at radius 3 is 2.86 bits per heavy atom. The van der Waals surface area contributed by atoms with Gasteiger partial charge in [0.25, 0.3) is 0 Å². The summed E-state index contributed by atoms with van der Waals surface area (Å²) in [5.41, 5.74) is 1.28. The second-order valence-electron chi connectivity index (χ2n) is 2.85. The van der Waals surface area contributed by atoms with Crippen molar-refractivity contribution < 1.29 is 4.39 Å². The van der Waals surface area contributed by atoms with Crippen molar-refractivity contribution in [3.05, 3.63) is 28.1 Å². The van der Waals surface area contributed by atoms with Gasteiger partial charge in [0, 0.05) is 5.39 Å². The summed E-state index contributed by atoms with van der Waals surface area (Å²) in [6.07, 6.45) is 0.606. The highest BCUT2D eigenvalue weighted by Gasteiger charge is 2.10. The molecule has 1 aromatic heterocycles. The summed E-state index contributed by atoms with van der Waals surface area (Å²) in [5, 5.41) is 11.8. The molecule has 3 nitrogen and oxygen atoms in total. The lowest BCUT2D eigenvalue weighted by Gasteiger charge is -2.04. The van der Waals surface area contributed by atoms with Gasteiger partial charge in [0.05, 0.1) is 5.52 Å². The first kappa shape index (κ1) is 9.45.